The second-order valence-electron chi connectivity index (χ2n) is 8.45. The molecule has 0 fully saturated rings. The zero-order chi connectivity index (χ0) is 24.6. The standard InChI is InChI=1S/C28H21N5O3/c1-33-11-10-30-27(33)18-3-6-20(7-4-18)31-26(19-5-9-23-24(15-19)36-13-12-35-23)25-21-8-2-17(16-29)14-22(21)32-28(25)34/h2-11,14-15,32,34H,12-13H2,1H3. The number of ether oxygens (including phenoxy) is 2. The van der Waals surface area contributed by atoms with E-state index in [4.69, 9.17) is 14.5 Å². The lowest BCUT2D eigenvalue weighted by Crippen LogP contribution is -2.16. The molecule has 6 rings (SSSR count). The lowest BCUT2D eigenvalue weighted by molar-refractivity contribution is 0.171. The van der Waals surface area contributed by atoms with Crippen molar-refractivity contribution in [3.63, 3.8) is 0 Å². The molecule has 2 N–H and O–H groups in total. The van der Waals surface area contributed by atoms with Gasteiger partial charge in [0.05, 0.1) is 34.1 Å². The normalized spacial score (nSPS) is 13.1. The van der Waals surface area contributed by atoms with Crippen LogP contribution < -0.4 is 9.47 Å². The van der Waals surface area contributed by atoms with Gasteiger partial charge in [-0.3, -0.25) is 0 Å². The van der Waals surface area contributed by atoms with Gasteiger partial charge in [0.2, 0.25) is 0 Å². The summed E-state index contributed by atoms with van der Waals surface area (Å²) < 4.78 is 13.4. The summed E-state index contributed by atoms with van der Waals surface area (Å²) in [6.45, 7) is 0.965. The maximum Gasteiger partial charge on any atom is 0.199 e. The van der Waals surface area contributed by atoms with Gasteiger partial charge in [0.25, 0.3) is 0 Å². The summed E-state index contributed by atoms with van der Waals surface area (Å²) in [5, 5.41) is 21.0. The van der Waals surface area contributed by atoms with E-state index in [9.17, 15) is 10.4 Å². The van der Waals surface area contributed by atoms with E-state index in [1.54, 1.807) is 18.3 Å². The van der Waals surface area contributed by atoms with E-state index in [0.29, 0.717) is 52.8 Å². The van der Waals surface area contributed by atoms with E-state index in [2.05, 4.69) is 16.0 Å². The van der Waals surface area contributed by atoms with Crippen LogP contribution in [0, 0.1) is 11.3 Å². The average Bonchev–Trinajstić information content (AvgIpc) is 3.48. The van der Waals surface area contributed by atoms with Gasteiger partial charge in [-0.15, -0.1) is 0 Å². The van der Waals surface area contributed by atoms with Gasteiger partial charge in [0.15, 0.2) is 17.4 Å². The number of hydrogen-bond donors (Lipinski definition) is 2. The van der Waals surface area contributed by atoms with Gasteiger partial charge in [0.1, 0.15) is 19.0 Å². The highest BCUT2D eigenvalue weighted by Crippen LogP contribution is 2.36. The SMILES string of the molecule is Cn1ccnc1-c1ccc(N=C(c2ccc3c(c2)OCCO3)c2c(O)[nH]c3cc(C#N)ccc23)cc1. The molecule has 1 aliphatic rings. The summed E-state index contributed by atoms with van der Waals surface area (Å²) in [6.07, 6.45) is 3.66. The Kier molecular flexibility index (Phi) is 5.16. The summed E-state index contributed by atoms with van der Waals surface area (Å²) in [5.74, 6) is 2.13. The van der Waals surface area contributed by atoms with E-state index in [-0.39, 0.29) is 5.88 Å². The number of aromatic hydroxyl groups is 1. The van der Waals surface area contributed by atoms with E-state index in [1.807, 2.05) is 66.3 Å². The fourth-order valence-electron chi connectivity index (χ4n) is 4.41. The fourth-order valence-corrected chi connectivity index (χ4v) is 4.41. The monoisotopic (exact) mass is 475 g/mol. The third-order valence-corrected chi connectivity index (χ3v) is 6.15. The van der Waals surface area contributed by atoms with Crippen LogP contribution in [0.25, 0.3) is 22.3 Å². The molecule has 0 radical (unpaired) electrons. The number of aromatic nitrogens is 3. The molecular weight excluding hydrogens is 454 g/mol. The molecule has 0 spiro atoms. The van der Waals surface area contributed by atoms with E-state index < -0.39 is 0 Å². The first-order valence-electron chi connectivity index (χ1n) is 11.4. The first kappa shape index (κ1) is 21.5. The Hall–Kier alpha value is -5.03. The topological polar surface area (TPSA) is 108 Å². The highest BCUT2D eigenvalue weighted by atomic mass is 16.6. The van der Waals surface area contributed by atoms with Crippen LogP contribution in [0.3, 0.4) is 0 Å². The number of imidazole rings is 1. The molecule has 176 valence electrons. The van der Waals surface area contributed by atoms with Gasteiger partial charge >= 0.3 is 0 Å². The van der Waals surface area contributed by atoms with Crippen LogP contribution >= 0.6 is 0 Å². The first-order chi connectivity index (χ1) is 17.6. The number of aromatic amines is 1. The fraction of sp³-hybridized carbons (Fsp3) is 0.107. The molecule has 36 heavy (non-hydrogen) atoms. The quantitative estimate of drug-likeness (QED) is 0.352. The van der Waals surface area contributed by atoms with E-state index in [1.165, 1.54) is 0 Å². The van der Waals surface area contributed by atoms with Crippen LogP contribution in [0.1, 0.15) is 16.7 Å². The minimum Gasteiger partial charge on any atom is -0.494 e. The molecule has 0 aliphatic carbocycles. The van der Waals surface area contributed by atoms with Crippen LogP contribution in [0.4, 0.5) is 5.69 Å². The zero-order valence-electron chi connectivity index (χ0n) is 19.4. The Labute approximate surface area is 206 Å². The molecule has 5 aromatic rings. The van der Waals surface area contributed by atoms with Crippen molar-refractivity contribution in [1.29, 1.82) is 5.26 Å². The van der Waals surface area contributed by atoms with Gasteiger partial charge in [0, 0.05) is 36.0 Å². The molecule has 3 aromatic carbocycles. The number of aryl methyl sites for hydroxylation is 1. The highest BCUT2D eigenvalue weighted by Gasteiger charge is 2.21. The van der Waals surface area contributed by atoms with Gasteiger partial charge in [-0.1, -0.05) is 6.07 Å². The number of rotatable bonds is 4. The maximum absolute atomic E-state index is 11.0. The number of nitrogens with one attached hydrogen (secondary N) is 1. The van der Waals surface area contributed by atoms with Crippen molar-refractivity contribution in [3.05, 3.63) is 89.7 Å². The van der Waals surface area contributed by atoms with E-state index in [0.717, 1.165) is 22.3 Å². The Bertz CT molecular complexity index is 1670. The largest absolute Gasteiger partial charge is 0.494 e. The number of fused-ring (bicyclic) bond motifs is 2. The van der Waals surface area contributed by atoms with Crippen LogP contribution in [0.15, 0.2) is 78.0 Å². The van der Waals surface area contributed by atoms with Crippen molar-refractivity contribution in [2.75, 3.05) is 13.2 Å². The number of H-pyrrole nitrogens is 1. The molecule has 0 amide bonds. The van der Waals surface area contributed by atoms with Gasteiger partial charge < -0.3 is 24.1 Å². The third kappa shape index (κ3) is 3.73. The molecule has 8 nitrogen and oxygen atoms in total. The Balaban J connectivity index is 1.51. The van der Waals surface area contributed by atoms with Crippen molar-refractivity contribution in [1.82, 2.24) is 14.5 Å². The second kappa shape index (κ2) is 8.64. The average molecular weight is 476 g/mol. The van der Waals surface area contributed by atoms with Crippen molar-refractivity contribution < 1.29 is 14.6 Å². The maximum atomic E-state index is 11.0. The Morgan fingerprint density at radius 2 is 1.86 bits per heavy atom. The van der Waals surface area contributed by atoms with Crippen LogP contribution in [-0.4, -0.2) is 38.6 Å². The van der Waals surface area contributed by atoms with Crippen LogP contribution in [0.5, 0.6) is 17.4 Å². The molecule has 1 aliphatic heterocycles. The second-order valence-corrected chi connectivity index (χ2v) is 8.45. The van der Waals surface area contributed by atoms with E-state index >= 15 is 0 Å². The van der Waals surface area contributed by atoms with Crippen molar-refractivity contribution in [2.45, 2.75) is 0 Å². The number of nitriles is 1. The summed E-state index contributed by atoms with van der Waals surface area (Å²) >= 11 is 0. The number of nitrogens with zero attached hydrogens (tertiary/aromatic N) is 4. The predicted octanol–water partition coefficient (Wildman–Crippen LogP) is 5.09. The molecule has 0 atom stereocenters. The third-order valence-electron chi connectivity index (χ3n) is 6.15. The molecular formula is C28H21N5O3. The molecule has 0 unspecified atom stereocenters. The van der Waals surface area contributed by atoms with Gasteiger partial charge in [-0.05, 0) is 54.6 Å². The summed E-state index contributed by atoms with van der Waals surface area (Å²) in [7, 11) is 1.95. The molecule has 0 bridgehead atoms. The molecule has 0 saturated carbocycles. The minimum absolute atomic E-state index is 0.0293. The highest BCUT2D eigenvalue weighted by molar-refractivity contribution is 6.22. The molecule has 3 heterocycles. The first-order valence-corrected chi connectivity index (χ1v) is 11.4. The summed E-state index contributed by atoms with van der Waals surface area (Å²) in [6, 6.07) is 20.8. The minimum atomic E-state index is -0.0293. The smallest absolute Gasteiger partial charge is 0.199 e. The van der Waals surface area contributed by atoms with Crippen LogP contribution in [0.2, 0.25) is 0 Å². The van der Waals surface area contributed by atoms with Crippen molar-refractivity contribution >= 4 is 22.3 Å². The predicted molar refractivity (Wildman–Crippen MR) is 136 cm³/mol. The Morgan fingerprint density at radius 3 is 2.61 bits per heavy atom. The molecule has 2 aromatic heterocycles. The number of aliphatic imine (C=N–C) groups is 1. The number of hydrogen-bond acceptors (Lipinski definition) is 6. The summed E-state index contributed by atoms with van der Waals surface area (Å²) in [5.41, 5.74) is 4.69. The van der Waals surface area contributed by atoms with Gasteiger partial charge in [-0.25, -0.2) is 9.98 Å². The lowest BCUT2D eigenvalue weighted by Gasteiger charge is -2.19. The number of benzene rings is 3. The van der Waals surface area contributed by atoms with Crippen molar-refractivity contribution in [3.8, 4) is 34.8 Å². The summed E-state index contributed by atoms with van der Waals surface area (Å²) in [4.78, 5) is 12.4. The molecule has 0 saturated heterocycles. The zero-order valence-corrected chi connectivity index (χ0v) is 19.4. The van der Waals surface area contributed by atoms with Crippen molar-refractivity contribution in [2.24, 2.45) is 12.0 Å². The van der Waals surface area contributed by atoms with Gasteiger partial charge in [-0.2, -0.15) is 5.26 Å². The lowest BCUT2D eigenvalue weighted by atomic mass is 9.99. The van der Waals surface area contributed by atoms with Crippen LogP contribution in [-0.2, 0) is 7.05 Å². The molecule has 8 heteroatoms. The Morgan fingerprint density at radius 1 is 1.06 bits per heavy atom.